The van der Waals surface area contributed by atoms with Crippen LogP contribution in [0.3, 0.4) is 0 Å². The quantitative estimate of drug-likeness (QED) is 0.891. The van der Waals surface area contributed by atoms with Crippen LogP contribution in [0.25, 0.3) is 0 Å². The van der Waals surface area contributed by atoms with Crippen LogP contribution in [0.4, 0.5) is 11.5 Å². The van der Waals surface area contributed by atoms with Crippen molar-refractivity contribution >= 4 is 17.4 Å². The van der Waals surface area contributed by atoms with Gasteiger partial charge in [0.25, 0.3) is 0 Å². The first-order valence-corrected chi connectivity index (χ1v) is 8.00. The monoisotopic (exact) mass is 286 g/mol. The zero-order valence-corrected chi connectivity index (χ0v) is 12.2. The van der Waals surface area contributed by atoms with Crippen molar-refractivity contribution < 1.29 is 4.79 Å². The fourth-order valence-corrected chi connectivity index (χ4v) is 4.21. The molecule has 3 aliphatic rings. The molecule has 2 atom stereocenters. The Morgan fingerprint density at radius 3 is 2.57 bits per heavy atom. The fraction of sp³-hybridized carbons (Fsp3) is 0.625. The summed E-state index contributed by atoms with van der Waals surface area (Å²) in [4.78, 5) is 21.2. The number of piperazine rings is 1. The van der Waals surface area contributed by atoms with E-state index in [9.17, 15) is 4.79 Å². The molecule has 1 aliphatic heterocycles. The van der Waals surface area contributed by atoms with Crippen LogP contribution >= 0.6 is 0 Å². The number of hydrogen-bond donors (Lipinski definition) is 1. The van der Waals surface area contributed by atoms with Crippen LogP contribution in [-0.4, -0.2) is 42.0 Å². The zero-order valence-electron chi connectivity index (χ0n) is 12.2. The molecule has 1 saturated heterocycles. The maximum absolute atomic E-state index is 12.6. The minimum absolute atomic E-state index is 0.352. The van der Waals surface area contributed by atoms with Crippen molar-refractivity contribution in [2.75, 3.05) is 36.8 Å². The molecular formula is C16H22N4O. The largest absolute Gasteiger partial charge is 0.396 e. The van der Waals surface area contributed by atoms with Gasteiger partial charge < -0.3 is 15.5 Å². The van der Waals surface area contributed by atoms with Gasteiger partial charge in [-0.1, -0.05) is 6.42 Å². The molecule has 21 heavy (non-hydrogen) atoms. The third-order valence-electron chi connectivity index (χ3n) is 5.40. The summed E-state index contributed by atoms with van der Waals surface area (Å²) in [5, 5.41) is 0. The molecule has 4 rings (SSSR count). The van der Waals surface area contributed by atoms with Gasteiger partial charge in [0.15, 0.2) is 5.82 Å². The van der Waals surface area contributed by atoms with Gasteiger partial charge in [-0.3, -0.25) is 4.79 Å². The lowest BCUT2D eigenvalue weighted by atomic mass is 10.1. The highest BCUT2D eigenvalue weighted by Gasteiger charge is 2.57. The van der Waals surface area contributed by atoms with Gasteiger partial charge >= 0.3 is 0 Å². The standard InChI is InChI=1S/C16H22N4O/c17-13-5-2-6-18-15(13)19-7-9-20(10-8-19)16(21)14-11-3-1-4-12(11)14/h2,5-6,11-12,14H,1,3-4,7-10,17H2. The molecule has 0 radical (unpaired) electrons. The molecule has 2 saturated carbocycles. The second kappa shape index (κ2) is 4.90. The van der Waals surface area contributed by atoms with Crippen LogP contribution in [-0.2, 0) is 4.79 Å². The van der Waals surface area contributed by atoms with Gasteiger partial charge in [0.2, 0.25) is 5.91 Å². The molecule has 0 spiro atoms. The first-order valence-electron chi connectivity index (χ1n) is 8.00. The van der Waals surface area contributed by atoms with E-state index < -0.39 is 0 Å². The van der Waals surface area contributed by atoms with E-state index in [0.717, 1.165) is 32.0 Å². The van der Waals surface area contributed by atoms with Gasteiger partial charge in [0.1, 0.15) is 0 Å². The average Bonchev–Trinajstić information content (AvgIpc) is 2.99. The van der Waals surface area contributed by atoms with E-state index in [1.807, 2.05) is 12.1 Å². The third-order valence-corrected chi connectivity index (χ3v) is 5.40. The molecule has 5 heteroatoms. The SMILES string of the molecule is Nc1cccnc1N1CCN(C(=O)C2C3CCCC32)CC1. The van der Waals surface area contributed by atoms with Crippen LogP contribution in [0, 0.1) is 17.8 Å². The number of nitrogens with zero attached hydrogens (tertiary/aromatic N) is 3. The predicted octanol–water partition coefficient (Wildman–Crippen LogP) is 1.36. The van der Waals surface area contributed by atoms with Crippen LogP contribution in [0.2, 0.25) is 0 Å². The lowest BCUT2D eigenvalue weighted by Crippen LogP contribution is -2.50. The van der Waals surface area contributed by atoms with E-state index in [1.165, 1.54) is 19.3 Å². The van der Waals surface area contributed by atoms with E-state index in [4.69, 9.17) is 5.73 Å². The van der Waals surface area contributed by atoms with Crippen molar-refractivity contribution in [1.82, 2.24) is 9.88 Å². The van der Waals surface area contributed by atoms with Crippen LogP contribution in [0.5, 0.6) is 0 Å². The summed E-state index contributed by atoms with van der Waals surface area (Å²) in [6, 6.07) is 3.73. The Kier molecular flexibility index (Phi) is 3.01. The second-order valence-electron chi connectivity index (χ2n) is 6.51. The molecule has 1 aromatic rings. The number of nitrogen functional groups attached to an aromatic ring is 1. The Balaban J connectivity index is 1.37. The number of nitrogens with two attached hydrogens (primary N) is 1. The van der Waals surface area contributed by atoms with E-state index in [2.05, 4.69) is 14.8 Å². The highest BCUT2D eigenvalue weighted by atomic mass is 16.2. The molecule has 2 heterocycles. The summed E-state index contributed by atoms with van der Waals surface area (Å²) in [5.41, 5.74) is 6.70. The highest BCUT2D eigenvalue weighted by Crippen LogP contribution is 2.58. The van der Waals surface area contributed by atoms with Gasteiger partial charge in [-0.05, 0) is 36.8 Å². The topological polar surface area (TPSA) is 62.5 Å². The van der Waals surface area contributed by atoms with Crippen LogP contribution in [0.15, 0.2) is 18.3 Å². The summed E-state index contributed by atoms with van der Waals surface area (Å²) < 4.78 is 0. The number of anilines is 2. The summed E-state index contributed by atoms with van der Waals surface area (Å²) in [6.07, 6.45) is 5.64. The van der Waals surface area contributed by atoms with Crippen molar-refractivity contribution in [2.24, 2.45) is 17.8 Å². The smallest absolute Gasteiger partial charge is 0.226 e. The molecule has 1 aromatic heterocycles. The Hall–Kier alpha value is -1.78. The molecule has 3 fully saturated rings. The highest BCUT2D eigenvalue weighted by molar-refractivity contribution is 5.83. The van der Waals surface area contributed by atoms with E-state index in [-0.39, 0.29) is 0 Å². The number of amides is 1. The minimum Gasteiger partial charge on any atom is -0.396 e. The number of fused-ring (bicyclic) bond motifs is 1. The fourth-order valence-electron chi connectivity index (χ4n) is 4.21. The molecule has 0 bridgehead atoms. The summed E-state index contributed by atoms with van der Waals surface area (Å²) >= 11 is 0. The number of pyridine rings is 1. The number of hydrogen-bond acceptors (Lipinski definition) is 4. The predicted molar refractivity (Wildman–Crippen MR) is 81.8 cm³/mol. The Morgan fingerprint density at radius 2 is 1.90 bits per heavy atom. The molecule has 2 unspecified atom stereocenters. The van der Waals surface area contributed by atoms with E-state index in [0.29, 0.717) is 29.3 Å². The van der Waals surface area contributed by atoms with E-state index in [1.54, 1.807) is 6.20 Å². The summed E-state index contributed by atoms with van der Waals surface area (Å²) in [7, 11) is 0. The van der Waals surface area contributed by atoms with Crippen molar-refractivity contribution in [3.8, 4) is 0 Å². The Morgan fingerprint density at radius 1 is 1.19 bits per heavy atom. The molecule has 112 valence electrons. The van der Waals surface area contributed by atoms with E-state index >= 15 is 0 Å². The zero-order chi connectivity index (χ0) is 14.4. The second-order valence-corrected chi connectivity index (χ2v) is 6.51. The first-order chi connectivity index (χ1) is 10.3. The lowest BCUT2D eigenvalue weighted by Gasteiger charge is -2.36. The Bertz CT molecular complexity index is 543. The molecular weight excluding hydrogens is 264 g/mol. The molecule has 2 aliphatic carbocycles. The first kappa shape index (κ1) is 12.9. The van der Waals surface area contributed by atoms with Crippen molar-refractivity contribution in [3.05, 3.63) is 18.3 Å². The van der Waals surface area contributed by atoms with Gasteiger partial charge in [0.05, 0.1) is 5.69 Å². The van der Waals surface area contributed by atoms with Gasteiger partial charge in [-0.15, -0.1) is 0 Å². The Labute approximate surface area is 125 Å². The van der Waals surface area contributed by atoms with Crippen molar-refractivity contribution in [1.29, 1.82) is 0 Å². The molecule has 5 nitrogen and oxygen atoms in total. The van der Waals surface area contributed by atoms with Crippen LogP contribution in [0.1, 0.15) is 19.3 Å². The molecule has 1 amide bonds. The van der Waals surface area contributed by atoms with Crippen molar-refractivity contribution in [2.45, 2.75) is 19.3 Å². The van der Waals surface area contributed by atoms with Gasteiger partial charge in [-0.25, -0.2) is 4.98 Å². The molecule has 0 aromatic carbocycles. The van der Waals surface area contributed by atoms with Crippen molar-refractivity contribution in [3.63, 3.8) is 0 Å². The third kappa shape index (κ3) is 2.15. The summed E-state index contributed by atoms with van der Waals surface area (Å²) in [5.74, 6) is 3.03. The van der Waals surface area contributed by atoms with Gasteiger partial charge in [-0.2, -0.15) is 0 Å². The number of aromatic nitrogens is 1. The van der Waals surface area contributed by atoms with Crippen LogP contribution < -0.4 is 10.6 Å². The maximum Gasteiger partial charge on any atom is 0.226 e. The normalized spacial score (nSPS) is 31.1. The molecule has 2 N–H and O–H groups in total. The van der Waals surface area contributed by atoms with Gasteiger partial charge in [0, 0.05) is 38.3 Å². The maximum atomic E-state index is 12.6. The lowest BCUT2D eigenvalue weighted by molar-refractivity contribution is -0.133. The minimum atomic E-state index is 0.352. The average molecular weight is 286 g/mol. The number of rotatable bonds is 2. The number of carbonyl (C=O) groups is 1. The summed E-state index contributed by atoms with van der Waals surface area (Å²) in [6.45, 7) is 3.25. The number of carbonyl (C=O) groups excluding carboxylic acids is 1.